The summed E-state index contributed by atoms with van der Waals surface area (Å²) < 4.78 is 25.9. The average Bonchev–Trinajstić information content (AvgIpc) is 2.98. The van der Waals surface area contributed by atoms with Crippen molar-refractivity contribution in [1.29, 1.82) is 0 Å². The van der Waals surface area contributed by atoms with Crippen molar-refractivity contribution >= 4 is 17.7 Å². The molecule has 9 heteroatoms. The highest BCUT2D eigenvalue weighted by molar-refractivity contribution is 6.05. The first-order valence-electron chi connectivity index (χ1n) is 9.42. The van der Waals surface area contributed by atoms with Crippen molar-refractivity contribution < 1.29 is 23.2 Å². The average molecular weight is 392 g/mol. The van der Waals surface area contributed by atoms with E-state index in [1.807, 2.05) is 17.0 Å². The highest BCUT2D eigenvalue weighted by atomic mass is 19.3. The summed E-state index contributed by atoms with van der Waals surface area (Å²) in [5, 5.41) is 5.11. The summed E-state index contributed by atoms with van der Waals surface area (Å²) in [7, 11) is 0. The minimum atomic E-state index is -2.40. The molecule has 4 rings (SSSR count). The van der Waals surface area contributed by atoms with Crippen molar-refractivity contribution in [2.75, 3.05) is 19.6 Å². The van der Waals surface area contributed by atoms with Gasteiger partial charge in [0.15, 0.2) is 0 Å². The molecule has 0 saturated carbocycles. The van der Waals surface area contributed by atoms with Crippen LogP contribution in [0.2, 0.25) is 0 Å². The second kappa shape index (κ2) is 7.56. The van der Waals surface area contributed by atoms with Crippen LogP contribution in [0, 0.1) is 0 Å². The topological polar surface area (TPSA) is 81.8 Å². The predicted molar refractivity (Wildman–Crippen MR) is 95.6 cm³/mol. The Hall–Kier alpha value is -2.39. The van der Waals surface area contributed by atoms with Gasteiger partial charge < -0.3 is 10.2 Å². The Bertz CT molecular complexity index is 816. The van der Waals surface area contributed by atoms with E-state index in [2.05, 4.69) is 10.6 Å². The third-order valence-corrected chi connectivity index (χ3v) is 5.59. The van der Waals surface area contributed by atoms with E-state index in [9.17, 15) is 23.2 Å². The second-order valence-corrected chi connectivity index (χ2v) is 7.52. The van der Waals surface area contributed by atoms with Crippen LogP contribution in [0.4, 0.5) is 8.78 Å². The van der Waals surface area contributed by atoms with Gasteiger partial charge in [-0.2, -0.15) is 0 Å². The van der Waals surface area contributed by atoms with Crippen LogP contribution in [0.3, 0.4) is 0 Å². The van der Waals surface area contributed by atoms with E-state index < -0.39 is 24.4 Å². The molecular weight excluding hydrogens is 370 g/mol. The van der Waals surface area contributed by atoms with Crippen LogP contribution >= 0.6 is 0 Å². The Balaban J connectivity index is 1.45. The summed E-state index contributed by atoms with van der Waals surface area (Å²) in [5.41, 5.74) is 2.33. The van der Waals surface area contributed by atoms with Gasteiger partial charge in [-0.15, -0.1) is 0 Å². The zero-order valence-electron chi connectivity index (χ0n) is 15.3. The molecule has 2 N–H and O–H groups in total. The number of piperidine rings is 1. The lowest BCUT2D eigenvalue weighted by Gasteiger charge is -2.33. The van der Waals surface area contributed by atoms with Crippen LogP contribution in [0.15, 0.2) is 18.2 Å². The molecule has 0 radical (unpaired) electrons. The van der Waals surface area contributed by atoms with Gasteiger partial charge in [0.05, 0.1) is 6.04 Å². The Morgan fingerprint density at radius 3 is 2.79 bits per heavy atom. The molecule has 3 heterocycles. The normalized spacial score (nSPS) is 26.0. The lowest BCUT2D eigenvalue weighted by atomic mass is 10.0. The van der Waals surface area contributed by atoms with Gasteiger partial charge in [-0.3, -0.25) is 24.6 Å². The fourth-order valence-corrected chi connectivity index (χ4v) is 4.14. The SMILES string of the molecule is O=C1CCC(N2Cc3cc(CN4CCNC(C(F)F)C4)ccc3C2=O)C(=O)N1. The number of halogens is 2. The first kappa shape index (κ1) is 18.9. The van der Waals surface area contributed by atoms with Gasteiger partial charge in [-0.25, -0.2) is 8.78 Å². The summed E-state index contributed by atoms with van der Waals surface area (Å²) in [4.78, 5) is 39.6. The summed E-state index contributed by atoms with van der Waals surface area (Å²) in [6, 6.07) is 4.03. The second-order valence-electron chi connectivity index (χ2n) is 7.52. The molecule has 1 aromatic rings. The Kier molecular flexibility index (Phi) is 5.11. The molecule has 2 atom stereocenters. The molecule has 150 valence electrons. The van der Waals surface area contributed by atoms with Crippen LogP contribution in [-0.2, 0) is 22.7 Å². The van der Waals surface area contributed by atoms with Crippen LogP contribution in [0.1, 0.15) is 34.3 Å². The van der Waals surface area contributed by atoms with Gasteiger partial charge >= 0.3 is 0 Å². The number of nitrogens with one attached hydrogen (secondary N) is 2. The number of amides is 3. The summed E-state index contributed by atoms with van der Waals surface area (Å²) in [6.07, 6.45) is -1.86. The number of alkyl halides is 2. The molecule has 0 bridgehead atoms. The number of hydrogen-bond donors (Lipinski definition) is 2. The Labute approximate surface area is 161 Å². The van der Waals surface area contributed by atoms with Crippen LogP contribution in [0.5, 0.6) is 0 Å². The van der Waals surface area contributed by atoms with E-state index in [-0.39, 0.29) is 24.8 Å². The van der Waals surface area contributed by atoms with E-state index in [1.165, 1.54) is 4.90 Å². The van der Waals surface area contributed by atoms with Crippen molar-refractivity contribution in [3.8, 4) is 0 Å². The number of fused-ring (bicyclic) bond motifs is 1. The summed E-state index contributed by atoms with van der Waals surface area (Å²) in [5.74, 6) is -0.960. The molecule has 0 spiro atoms. The molecule has 1 aromatic carbocycles. The standard InChI is InChI=1S/C19H22F2N4O3/c20-17(21)14-10-24(6-5-22-14)8-11-1-2-13-12(7-11)9-25(19(13)28)15-3-4-16(26)23-18(15)27/h1-2,7,14-15,17,22H,3-6,8-10H2,(H,23,26,27). The molecule has 2 saturated heterocycles. The van der Waals surface area contributed by atoms with Gasteiger partial charge in [0, 0.05) is 44.7 Å². The van der Waals surface area contributed by atoms with Crippen molar-refractivity contribution in [2.24, 2.45) is 0 Å². The van der Waals surface area contributed by atoms with Gasteiger partial charge in [0.1, 0.15) is 6.04 Å². The zero-order valence-corrected chi connectivity index (χ0v) is 15.3. The van der Waals surface area contributed by atoms with E-state index in [1.54, 1.807) is 6.07 Å². The zero-order chi connectivity index (χ0) is 19.8. The predicted octanol–water partition coefficient (Wildman–Crippen LogP) is 0.487. The first-order valence-corrected chi connectivity index (χ1v) is 9.42. The maximum absolute atomic E-state index is 12.9. The smallest absolute Gasteiger partial charge is 0.255 e. The number of imide groups is 1. The summed E-state index contributed by atoms with van der Waals surface area (Å²) >= 11 is 0. The Morgan fingerprint density at radius 2 is 2.04 bits per heavy atom. The van der Waals surface area contributed by atoms with Gasteiger partial charge in [0.2, 0.25) is 11.8 Å². The van der Waals surface area contributed by atoms with Crippen LogP contribution in [0.25, 0.3) is 0 Å². The number of nitrogens with zero attached hydrogens (tertiary/aromatic N) is 2. The quantitative estimate of drug-likeness (QED) is 0.729. The van der Waals surface area contributed by atoms with Gasteiger partial charge in [-0.05, 0) is 23.6 Å². The largest absolute Gasteiger partial charge is 0.322 e. The number of carbonyl (C=O) groups is 3. The molecule has 0 aliphatic carbocycles. The highest BCUT2D eigenvalue weighted by Gasteiger charge is 2.39. The van der Waals surface area contributed by atoms with Crippen LogP contribution < -0.4 is 10.6 Å². The third kappa shape index (κ3) is 3.64. The maximum Gasteiger partial charge on any atom is 0.255 e. The van der Waals surface area contributed by atoms with Gasteiger partial charge in [0.25, 0.3) is 12.3 Å². The van der Waals surface area contributed by atoms with E-state index in [4.69, 9.17) is 0 Å². The highest BCUT2D eigenvalue weighted by Crippen LogP contribution is 2.28. The Morgan fingerprint density at radius 1 is 1.21 bits per heavy atom. The fourth-order valence-electron chi connectivity index (χ4n) is 4.14. The monoisotopic (exact) mass is 392 g/mol. The van der Waals surface area contributed by atoms with Crippen molar-refractivity contribution in [3.63, 3.8) is 0 Å². The molecular formula is C19H22F2N4O3. The molecule has 3 amide bonds. The number of carbonyl (C=O) groups excluding carboxylic acids is 3. The number of rotatable bonds is 4. The van der Waals surface area contributed by atoms with E-state index in [0.717, 1.165) is 11.1 Å². The lowest BCUT2D eigenvalue weighted by Crippen LogP contribution is -2.53. The maximum atomic E-state index is 12.9. The number of piperazine rings is 1. The minimum Gasteiger partial charge on any atom is -0.322 e. The fraction of sp³-hybridized carbons (Fsp3) is 0.526. The van der Waals surface area contributed by atoms with E-state index in [0.29, 0.717) is 38.2 Å². The number of hydrogen-bond acceptors (Lipinski definition) is 5. The lowest BCUT2D eigenvalue weighted by molar-refractivity contribution is -0.136. The molecule has 3 aliphatic rings. The molecule has 28 heavy (non-hydrogen) atoms. The van der Waals surface area contributed by atoms with Crippen molar-refractivity contribution in [2.45, 2.75) is 44.4 Å². The molecule has 3 aliphatic heterocycles. The first-order chi connectivity index (χ1) is 13.4. The molecule has 2 unspecified atom stereocenters. The van der Waals surface area contributed by atoms with Gasteiger partial charge in [-0.1, -0.05) is 12.1 Å². The summed E-state index contributed by atoms with van der Waals surface area (Å²) in [6.45, 7) is 2.32. The van der Waals surface area contributed by atoms with E-state index >= 15 is 0 Å². The molecule has 2 fully saturated rings. The van der Waals surface area contributed by atoms with Crippen molar-refractivity contribution in [3.05, 3.63) is 34.9 Å². The third-order valence-electron chi connectivity index (χ3n) is 5.59. The minimum absolute atomic E-state index is 0.212. The van der Waals surface area contributed by atoms with Crippen LogP contribution in [-0.4, -0.2) is 65.7 Å². The van der Waals surface area contributed by atoms with Crippen molar-refractivity contribution in [1.82, 2.24) is 20.4 Å². The molecule has 0 aromatic heterocycles. The number of benzene rings is 1. The molecule has 7 nitrogen and oxygen atoms in total.